The second-order valence-electron chi connectivity index (χ2n) is 6.45. The molecular weight excluding hydrogens is 306 g/mol. The fraction of sp³-hybridized carbons (Fsp3) is 0.278. The van der Waals surface area contributed by atoms with Crippen molar-refractivity contribution in [2.45, 2.75) is 26.3 Å². The molecule has 0 amide bonds. The number of esters is 1. The van der Waals surface area contributed by atoms with Crippen molar-refractivity contribution >= 4 is 17.9 Å². The number of ether oxygens (including phenoxy) is 2. The molecule has 0 atom stereocenters. The smallest absolute Gasteiger partial charge is 0.363 e. The largest absolute Gasteiger partial charge is 0.497 e. The summed E-state index contributed by atoms with van der Waals surface area (Å²) in [7, 11) is 1.60. The predicted octanol–water partition coefficient (Wildman–Crippen LogP) is 2.99. The molecule has 24 heavy (non-hydrogen) atoms. The molecule has 6 nitrogen and oxygen atoms in total. The van der Waals surface area contributed by atoms with Gasteiger partial charge in [-0.15, -0.1) is 0 Å². The minimum absolute atomic E-state index is 0.121. The number of hydrogen-bond acceptors (Lipinski definition) is 5. The zero-order valence-corrected chi connectivity index (χ0v) is 14.1. The summed E-state index contributed by atoms with van der Waals surface area (Å²) in [6.07, 6.45) is 5.25. The van der Waals surface area contributed by atoms with E-state index in [2.05, 4.69) is 30.9 Å². The summed E-state index contributed by atoms with van der Waals surface area (Å²) in [5, 5.41) is 4.31. The van der Waals surface area contributed by atoms with Gasteiger partial charge in [0, 0.05) is 17.3 Å². The fourth-order valence-electron chi connectivity index (χ4n) is 2.20. The Morgan fingerprint density at radius 2 is 1.92 bits per heavy atom. The van der Waals surface area contributed by atoms with Crippen LogP contribution in [0, 0.1) is 0 Å². The molecule has 0 radical (unpaired) electrons. The lowest BCUT2D eigenvalue weighted by molar-refractivity contribution is -0.129. The fourth-order valence-corrected chi connectivity index (χ4v) is 2.20. The van der Waals surface area contributed by atoms with E-state index in [4.69, 9.17) is 9.47 Å². The van der Waals surface area contributed by atoms with Crippen molar-refractivity contribution in [3.05, 3.63) is 53.5 Å². The van der Waals surface area contributed by atoms with Crippen LogP contribution in [0.25, 0.3) is 6.08 Å². The monoisotopic (exact) mass is 325 g/mol. The number of carbonyl (C=O) groups excluding carboxylic acids is 1. The third-order valence-electron chi connectivity index (χ3n) is 3.55. The van der Waals surface area contributed by atoms with Crippen LogP contribution >= 0.6 is 0 Å². The van der Waals surface area contributed by atoms with E-state index in [-0.39, 0.29) is 17.1 Å². The molecule has 0 saturated heterocycles. The number of aliphatic imine (C=N–C) groups is 1. The van der Waals surface area contributed by atoms with Crippen molar-refractivity contribution in [1.82, 2.24) is 9.78 Å². The first kappa shape index (κ1) is 16.0. The van der Waals surface area contributed by atoms with Crippen LogP contribution in [0.2, 0.25) is 0 Å². The molecule has 0 N–H and O–H groups in total. The van der Waals surface area contributed by atoms with Crippen LogP contribution in [0.4, 0.5) is 0 Å². The maximum absolute atomic E-state index is 12.0. The highest BCUT2D eigenvalue weighted by Crippen LogP contribution is 2.21. The molecule has 6 heteroatoms. The Bertz CT molecular complexity index is 824. The van der Waals surface area contributed by atoms with Gasteiger partial charge >= 0.3 is 5.97 Å². The lowest BCUT2D eigenvalue weighted by Gasteiger charge is -2.18. The molecule has 0 fully saturated rings. The van der Waals surface area contributed by atoms with Gasteiger partial charge in [0.2, 0.25) is 5.90 Å². The van der Waals surface area contributed by atoms with Gasteiger partial charge in [0.05, 0.1) is 18.8 Å². The van der Waals surface area contributed by atoms with Gasteiger partial charge in [-0.3, -0.25) is 4.68 Å². The maximum Gasteiger partial charge on any atom is 0.363 e. The molecule has 2 aromatic rings. The molecule has 1 aromatic carbocycles. The second-order valence-corrected chi connectivity index (χ2v) is 6.45. The van der Waals surface area contributed by atoms with Crippen LogP contribution in [0.15, 0.2) is 47.3 Å². The van der Waals surface area contributed by atoms with E-state index >= 15 is 0 Å². The van der Waals surface area contributed by atoms with E-state index in [9.17, 15) is 4.79 Å². The Morgan fingerprint density at radius 3 is 2.50 bits per heavy atom. The number of carbonyl (C=O) groups is 1. The minimum atomic E-state index is -0.468. The maximum atomic E-state index is 12.0. The van der Waals surface area contributed by atoms with Crippen LogP contribution in [-0.2, 0) is 15.1 Å². The minimum Gasteiger partial charge on any atom is -0.497 e. The molecule has 3 rings (SSSR count). The summed E-state index contributed by atoms with van der Waals surface area (Å²) in [6, 6.07) is 7.18. The van der Waals surface area contributed by atoms with Crippen molar-refractivity contribution in [3.63, 3.8) is 0 Å². The summed E-state index contributed by atoms with van der Waals surface area (Å²) < 4.78 is 12.2. The van der Waals surface area contributed by atoms with Gasteiger partial charge in [0.25, 0.3) is 0 Å². The van der Waals surface area contributed by atoms with Crippen LogP contribution in [0.1, 0.15) is 31.9 Å². The SMILES string of the molecule is COc1ccc(C2=N/C(=C/c3cnn(C(C)(C)C)c3)C(=O)O2)cc1. The highest BCUT2D eigenvalue weighted by Gasteiger charge is 2.24. The van der Waals surface area contributed by atoms with E-state index in [1.807, 2.05) is 10.9 Å². The van der Waals surface area contributed by atoms with Crippen LogP contribution in [0.5, 0.6) is 5.75 Å². The topological polar surface area (TPSA) is 65.7 Å². The first-order valence-electron chi connectivity index (χ1n) is 7.59. The number of hydrogen-bond donors (Lipinski definition) is 0. The third-order valence-corrected chi connectivity index (χ3v) is 3.55. The standard InChI is InChI=1S/C18H19N3O3/c1-18(2,3)21-11-12(10-19-21)9-15-17(22)24-16(20-15)13-5-7-14(23-4)8-6-13/h5-11H,1-4H3/b15-9+. The Labute approximate surface area is 140 Å². The van der Waals surface area contributed by atoms with Crippen molar-refractivity contribution in [3.8, 4) is 5.75 Å². The number of nitrogens with zero attached hydrogens (tertiary/aromatic N) is 3. The average Bonchev–Trinajstić information content (AvgIpc) is 3.15. The normalized spacial score (nSPS) is 16.2. The molecule has 1 aliphatic rings. The number of benzene rings is 1. The van der Waals surface area contributed by atoms with E-state index in [1.54, 1.807) is 43.6 Å². The number of rotatable bonds is 3. The van der Waals surface area contributed by atoms with Crippen molar-refractivity contribution in [2.75, 3.05) is 7.11 Å². The second kappa shape index (κ2) is 5.96. The Kier molecular flexibility index (Phi) is 3.97. The Hall–Kier alpha value is -2.89. The van der Waals surface area contributed by atoms with Gasteiger partial charge in [-0.05, 0) is 51.1 Å². The van der Waals surface area contributed by atoms with Crippen LogP contribution in [0.3, 0.4) is 0 Å². The molecular formula is C18H19N3O3. The number of cyclic esters (lactones) is 1. The Balaban J connectivity index is 1.86. The summed E-state index contributed by atoms with van der Waals surface area (Å²) in [5.74, 6) is 0.551. The van der Waals surface area contributed by atoms with Gasteiger partial charge in [0.15, 0.2) is 5.70 Å². The van der Waals surface area contributed by atoms with E-state index in [0.717, 1.165) is 16.9 Å². The van der Waals surface area contributed by atoms with Gasteiger partial charge < -0.3 is 9.47 Å². The zero-order valence-electron chi connectivity index (χ0n) is 14.1. The molecule has 0 aliphatic carbocycles. The quantitative estimate of drug-likeness (QED) is 0.643. The van der Waals surface area contributed by atoms with Crippen LogP contribution < -0.4 is 4.74 Å². The summed E-state index contributed by atoms with van der Waals surface area (Å²) in [4.78, 5) is 16.3. The highest BCUT2D eigenvalue weighted by atomic mass is 16.6. The van der Waals surface area contributed by atoms with Crippen LogP contribution in [-0.4, -0.2) is 28.8 Å². The molecule has 1 aliphatic heterocycles. The van der Waals surface area contributed by atoms with Crippen molar-refractivity contribution in [2.24, 2.45) is 4.99 Å². The molecule has 124 valence electrons. The first-order valence-corrected chi connectivity index (χ1v) is 7.59. The number of methoxy groups -OCH3 is 1. The van der Waals surface area contributed by atoms with E-state index < -0.39 is 5.97 Å². The van der Waals surface area contributed by atoms with Crippen molar-refractivity contribution < 1.29 is 14.3 Å². The van der Waals surface area contributed by atoms with E-state index in [0.29, 0.717) is 0 Å². The molecule has 0 unspecified atom stereocenters. The highest BCUT2D eigenvalue weighted by molar-refractivity contribution is 6.12. The van der Waals surface area contributed by atoms with E-state index in [1.165, 1.54) is 0 Å². The van der Waals surface area contributed by atoms with Gasteiger partial charge in [-0.25, -0.2) is 9.79 Å². The summed E-state index contributed by atoms with van der Waals surface area (Å²) in [5.41, 5.74) is 1.66. The lowest BCUT2D eigenvalue weighted by atomic mass is 10.1. The van der Waals surface area contributed by atoms with Gasteiger partial charge in [-0.1, -0.05) is 0 Å². The summed E-state index contributed by atoms with van der Waals surface area (Å²) in [6.45, 7) is 6.17. The molecule has 2 heterocycles. The number of aromatic nitrogens is 2. The molecule has 0 saturated carbocycles. The van der Waals surface area contributed by atoms with Gasteiger partial charge in [-0.2, -0.15) is 5.10 Å². The zero-order chi connectivity index (χ0) is 17.3. The first-order chi connectivity index (χ1) is 11.4. The predicted molar refractivity (Wildman–Crippen MR) is 90.8 cm³/mol. The molecule has 0 spiro atoms. The average molecular weight is 325 g/mol. The Morgan fingerprint density at radius 1 is 1.21 bits per heavy atom. The molecule has 1 aromatic heterocycles. The van der Waals surface area contributed by atoms with Crippen molar-refractivity contribution in [1.29, 1.82) is 0 Å². The lowest BCUT2D eigenvalue weighted by Crippen LogP contribution is -2.21. The summed E-state index contributed by atoms with van der Waals surface area (Å²) >= 11 is 0. The third kappa shape index (κ3) is 3.22. The van der Waals surface area contributed by atoms with Gasteiger partial charge in [0.1, 0.15) is 5.75 Å². The molecule has 0 bridgehead atoms.